The summed E-state index contributed by atoms with van der Waals surface area (Å²) in [4.78, 5) is 25.5. The van der Waals surface area contributed by atoms with E-state index in [0.717, 1.165) is 18.6 Å². The lowest BCUT2D eigenvalue weighted by Gasteiger charge is -2.33. The van der Waals surface area contributed by atoms with E-state index in [1.165, 1.54) is 18.3 Å². The highest BCUT2D eigenvalue weighted by molar-refractivity contribution is 6.01. The van der Waals surface area contributed by atoms with Crippen molar-refractivity contribution >= 4 is 17.7 Å². The summed E-state index contributed by atoms with van der Waals surface area (Å²) in [5.41, 5.74) is 0.0324. The molecule has 0 unspecified atom stereocenters. The number of carbonyl (C=O) groups is 2. The number of aliphatic hydroxyl groups excluding tert-OH is 1. The maximum Gasteiger partial charge on any atom is 0.416 e. The molecule has 3 rings (SSSR count). The molecule has 10 nitrogen and oxygen atoms in total. The molecule has 13 heteroatoms. The second-order valence-electron chi connectivity index (χ2n) is 11.1. The lowest BCUT2D eigenvalue weighted by atomic mass is 9.89. The van der Waals surface area contributed by atoms with Crippen LogP contribution in [-0.4, -0.2) is 64.3 Å². The molecular formula is C28H38F3N5O5. The van der Waals surface area contributed by atoms with Crippen molar-refractivity contribution in [3.63, 3.8) is 0 Å². The molecule has 0 bridgehead atoms. The third kappa shape index (κ3) is 9.48. The molecule has 0 fully saturated rings. The molecule has 0 saturated heterocycles. The Kier molecular flexibility index (Phi) is 10.8. The van der Waals surface area contributed by atoms with E-state index in [1.807, 2.05) is 27.7 Å². The van der Waals surface area contributed by atoms with Crippen LogP contribution in [0.3, 0.4) is 0 Å². The van der Waals surface area contributed by atoms with Crippen LogP contribution in [-0.2, 0) is 22.3 Å². The number of carbonyl (C=O) groups excluding carboxylic acids is 2. The summed E-state index contributed by atoms with van der Waals surface area (Å²) in [6, 6.07) is 5.57. The Morgan fingerprint density at radius 3 is 2.46 bits per heavy atom. The van der Waals surface area contributed by atoms with Crippen molar-refractivity contribution in [1.82, 2.24) is 20.8 Å². The minimum Gasteiger partial charge on any atom is -0.444 e. The maximum absolute atomic E-state index is 13.0. The van der Waals surface area contributed by atoms with Crippen LogP contribution in [0.25, 0.3) is 0 Å². The third-order valence-corrected chi connectivity index (χ3v) is 6.76. The summed E-state index contributed by atoms with van der Waals surface area (Å²) < 4.78 is 49.4. The Balaban J connectivity index is 1.62. The number of alkyl halides is 3. The van der Waals surface area contributed by atoms with Gasteiger partial charge in [-0.2, -0.15) is 18.3 Å². The second kappa shape index (κ2) is 13.8. The van der Waals surface area contributed by atoms with Gasteiger partial charge in [0.2, 0.25) is 0 Å². The number of hydrogen-bond donors (Lipinski definition) is 3. The fraction of sp³-hybridized carbons (Fsp3) is 0.571. The molecule has 2 aromatic rings. The average Bonchev–Trinajstić information content (AvgIpc) is 3.60. The third-order valence-electron chi connectivity index (χ3n) is 6.76. The average molecular weight is 582 g/mol. The van der Waals surface area contributed by atoms with Gasteiger partial charge < -0.3 is 25.0 Å². The Morgan fingerprint density at radius 1 is 1.17 bits per heavy atom. The number of ether oxygens (including phenoxy) is 1. The molecule has 2 heterocycles. The zero-order valence-electron chi connectivity index (χ0n) is 23.7. The number of hydrogen-bond acceptors (Lipinski definition) is 8. The Morgan fingerprint density at radius 2 is 1.88 bits per heavy atom. The molecule has 0 spiro atoms. The number of halogens is 3. The minimum atomic E-state index is -4.41. The molecule has 0 radical (unpaired) electrons. The van der Waals surface area contributed by atoms with E-state index in [4.69, 9.17) is 9.26 Å². The Labute approximate surface area is 237 Å². The summed E-state index contributed by atoms with van der Waals surface area (Å²) in [6.45, 7) is 8.47. The van der Waals surface area contributed by atoms with E-state index < -0.39 is 47.4 Å². The topological polar surface area (TPSA) is 129 Å². The van der Waals surface area contributed by atoms with Gasteiger partial charge in [-0.3, -0.25) is 9.80 Å². The van der Waals surface area contributed by atoms with Crippen molar-refractivity contribution < 1.29 is 37.1 Å². The van der Waals surface area contributed by atoms with Gasteiger partial charge >= 0.3 is 12.3 Å². The number of aromatic nitrogens is 1. The first kappa shape index (κ1) is 31.9. The summed E-state index contributed by atoms with van der Waals surface area (Å²) >= 11 is 0. The van der Waals surface area contributed by atoms with Gasteiger partial charge in [0.1, 0.15) is 6.10 Å². The largest absolute Gasteiger partial charge is 0.444 e. The number of benzene rings is 1. The van der Waals surface area contributed by atoms with Gasteiger partial charge in [-0.15, -0.1) is 0 Å². The molecule has 3 N–H and O–H groups in total. The molecule has 1 aromatic carbocycles. The van der Waals surface area contributed by atoms with Crippen molar-refractivity contribution in [3.05, 3.63) is 53.4 Å². The fourth-order valence-corrected chi connectivity index (χ4v) is 4.21. The van der Waals surface area contributed by atoms with Crippen LogP contribution in [0, 0.1) is 5.41 Å². The number of amides is 2. The van der Waals surface area contributed by atoms with Crippen LogP contribution in [0.15, 0.2) is 46.2 Å². The number of alkyl carbamates (subject to hydrolysis) is 1. The molecule has 0 saturated carbocycles. The van der Waals surface area contributed by atoms with Crippen LogP contribution >= 0.6 is 0 Å². The molecule has 226 valence electrons. The van der Waals surface area contributed by atoms with Crippen molar-refractivity contribution in [2.75, 3.05) is 13.1 Å². The number of unbranched alkanes of at least 4 members (excludes halogenated alkanes) is 1. The van der Waals surface area contributed by atoms with Crippen molar-refractivity contribution in [2.24, 2.45) is 10.5 Å². The zero-order chi connectivity index (χ0) is 30.2. The van der Waals surface area contributed by atoms with Crippen molar-refractivity contribution in [3.8, 4) is 0 Å². The highest BCUT2D eigenvalue weighted by Crippen LogP contribution is 2.30. The van der Waals surface area contributed by atoms with Gasteiger partial charge in [0.05, 0.1) is 36.6 Å². The van der Waals surface area contributed by atoms with Crippen LogP contribution in [0.5, 0.6) is 0 Å². The van der Waals surface area contributed by atoms with Gasteiger partial charge in [0.15, 0.2) is 11.9 Å². The standard InChI is InChI=1S/C28H38F3N5O5/c1-5-6-7-22(24(37)25(38)32-16-20-12-14-33-41-20)34-26(39)40-23(27(2,3)4)17-36-15-13-21(35-36)18-8-10-19(11-9-18)28(29,30)31/h8-12,14,22-24,37H,5-7,13,15-17H2,1-4H3,(H,32,38)(H,34,39)/t22-,23+,24-/m0/s1. The Bertz CT molecular complexity index is 1160. The van der Waals surface area contributed by atoms with Gasteiger partial charge in [0.25, 0.3) is 5.91 Å². The molecular weight excluding hydrogens is 543 g/mol. The first-order chi connectivity index (χ1) is 19.3. The van der Waals surface area contributed by atoms with E-state index in [-0.39, 0.29) is 13.1 Å². The number of hydrazone groups is 1. The monoisotopic (exact) mass is 581 g/mol. The van der Waals surface area contributed by atoms with Crippen LogP contribution < -0.4 is 10.6 Å². The van der Waals surface area contributed by atoms with Gasteiger partial charge in [-0.05, 0) is 24.1 Å². The molecule has 1 aromatic heterocycles. The normalized spacial score (nSPS) is 16.1. The smallest absolute Gasteiger partial charge is 0.416 e. The lowest BCUT2D eigenvalue weighted by molar-refractivity contribution is -0.137. The quantitative estimate of drug-likeness (QED) is 0.337. The predicted molar refractivity (Wildman–Crippen MR) is 145 cm³/mol. The number of aliphatic hydroxyl groups is 1. The highest BCUT2D eigenvalue weighted by atomic mass is 19.4. The van der Waals surface area contributed by atoms with E-state index in [9.17, 15) is 27.9 Å². The Hall–Kier alpha value is -3.61. The van der Waals surface area contributed by atoms with Crippen LogP contribution in [0.4, 0.5) is 18.0 Å². The summed E-state index contributed by atoms with van der Waals surface area (Å²) in [5.74, 6) is -0.250. The van der Waals surface area contributed by atoms with E-state index >= 15 is 0 Å². The number of nitrogens with one attached hydrogen (secondary N) is 2. The molecule has 2 amide bonds. The first-order valence-electron chi connectivity index (χ1n) is 13.6. The fourth-order valence-electron chi connectivity index (χ4n) is 4.21. The van der Waals surface area contributed by atoms with E-state index in [2.05, 4.69) is 20.9 Å². The van der Waals surface area contributed by atoms with E-state index in [0.29, 0.717) is 42.8 Å². The molecule has 41 heavy (non-hydrogen) atoms. The molecule has 1 aliphatic rings. The zero-order valence-corrected chi connectivity index (χ0v) is 23.7. The summed E-state index contributed by atoms with van der Waals surface area (Å²) in [7, 11) is 0. The summed E-state index contributed by atoms with van der Waals surface area (Å²) in [6.07, 6.45) is -3.55. The molecule has 0 aliphatic carbocycles. The minimum absolute atomic E-state index is 0.0394. The highest BCUT2D eigenvalue weighted by Gasteiger charge is 2.34. The summed E-state index contributed by atoms with van der Waals surface area (Å²) in [5, 5.41) is 25.8. The van der Waals surface area contributed by atoms with Crippen LogP contribution in [0.2, 0.25) is 0 Å². The number of nitrogens with zero attached hydrogens (tertiary/aromatic N) is 3. The SMILES string of the molecule is CCCC[C@H](NC(=O)O[C@H](CN1CCC(c2ccc(C(F)(F)F)cc2)=N1)C(C)(C)C)[C@H](O)C(=O)NCc1ccno1. The van der Waals surface area contributed by atoms with Crippen molar-refractivity contribution in [2.45, 2.75) is 84.3 Å². The second-order valence-corrected chi connectivity index (χ2v) is 11.1. The lowest BCUT2D eigenvalue weighted by Crippen LogP contribution is -2.52. The van der Waals surface area contributed by atoms with Crippen molar-refractivity contribution in [1.29, 1.82) is 0 Å². The van der Waals surface area contributed by atoms with E-state index in [1.54, 1.807) is 11.1 Å². The van der Waals surface area contributed by atoms with Crippen LogP contribution in [0.1, 0.15) is 70.3 Å². The maximum atomic E-state index is 13.0. The van der Waals surface area contributed by atoms with Gasteiger partial charge in [-0.25, -0.2) is 4.79 Å². The molecule has 1 aliphatic heterocycles. The predicted octanol–water partition coefficient (Wildman–Crippen LogP) is 4.48. The van der Waals surface area contributed by atoms with Gasteiger partial charge in [-0.1, -0.05) is 57.8 Å². The number of rotatable bonds is 12. The molecule has 3 atom stereocenters. The first-order valence-corrected chi connectivity index (χ1v) is 13.6. The van der Waals surface area contributed by atoms with Gasteiger partial charge in [0, 0.05) is 24.4 Å².